The molecule has 11 aromatic carbocycles. The Labute approximate surface area is 375 Å². The lowest BCUT2D eigenvalue weighted by atomic mass is 9.85. The lowest BCUT2D eigenvalue weighted by molar-refractivity contribution is 1.28. The first-order valence-corrected chi connectivity index (χ1v) is 21.3. The SMILES string of the molecule is [2H]c1c([2H])c(N(c2ccc(-c3cccc(-c4ccccc4)c3)cc2)c2ccc(-c3c(-c4ccccc4)c4ccccc4c4ccccc34)cc2)c([2H])c([2H])c1-c1cccc(-c2ccccc2)c1. The number of fused-ring (bicyclic) bond motifs is 3. The molecule has 1 heteroatoms. The second-order valence-electron chi connectivity index (χ2n) is 15.8. The number of hydrogen-bond acceptors (Lipinski definition) is 1. The molecule has 0 unspecified atom stereocenters. The van der Waals surface area contributed by atoms with E-state index < -0.39 is 0 Å². The van der Waals surface area contributed by atoms with Crippen LogP contribution in [0.25, 0.3) is 88.3 Å². The monoisotopic (exact) mass is 805 g/mol. The third kappa shape index (κ3) is 7.37. The van der Waals surface area contributed by atoms with Gasteiger partial charge in [-0.15, -0.1) is 0 Å². The second-order valence-corrected chi connectivity index (χ2v) is 15.8. The Morgan fingerprint density at radius 2 is 0.540 bits per heavy atom. The van der Waals surface area contributed by atoms with Gasteiger partial charge >= 0.3 is 0 Å². The Bertz CT molecular complexity index is 3560. The van der Waals surface area contributed by atoms with Crippen molar-refractivity contribution in [3.05, 3.63) is 261 Å². The topological polar surface area (TPSA) is 3.24 Å². The summed E-state index contributed by atoms with van der Waals surface area (Å²) in [6.45, 7) is 0. The molecule has 296 valence electrons. The molecule has 0 saturated carbocycles. The molecule has 0 N–H and O–H groups in total. The zero-order valence-corrected chi connectivity index (χ0v) is 34.5. The van der Waals surface area contributed by atoms with Crippen molar-refractivity contribution in [2.75, 3.05) is 4.90 Å². The third-order valence-electron chi connectivity index (χ3n) is 11.9. The summed E-state index contributed by atoms with van der Waals surface area (Å²) in [5, 5.41) is 4.67. The van der Waals surface area contributed by atoms with E-state index in [2.05, 4.69) is 133 Å². The van der Waals surface area contributed by atoms with Gasteiger partial charge in [-0.05, 0) is 137 Å². The van der Waals surface area contributed by atoms with Crippen molar-refractivity contribution in [3.63, 3.8) is 0 Å². The predicted octanol–water partition coefficient (Wildman–Crippen LogP) is 17.5. The Morgan fingerprint density at radius 1 is 0.222 bits per heavy atom. The number of rotatable bonds is 9. The van der Waals surface area contributed by atoms with Crippen LogP contribution in [0.2, 0.25) is 0 Å². The first kappa shape index (κ1) is 33.5. The average molecular weight is 806 g/mol. The molecule has 0 atom stereocenters. The minimum Gasteiger partial charge on any atom is -0.311 e. The van der Waals surface area contributed by atoms with Crippen molar-refractivity contribution in [2.24, 2.45) is 0 Å². The molecule has 0 radical (unpaired) electrons. The molecule has 0 aliphatic rings. The lowest BCUT2D eigenvalue weighted by Crippen LogP contribution is -2.09. The van der Waals surface area contributed by atoms with E-state index in [1.54, 1.807) is 0 Å². The fourth-order valence-electron chi connectivity index (χ4n) is 8.89. The van der Waals surface area contributed by atoms with Crippen LogP contribution in [0.5, 0.6) is 0 Å². The molecule has 0 bridgehead atoms. The average Bonchev–Trinajstić information content (AvgIpc) is 3.40. The van der Waals surface area contributed by atoms with Gasteiger partial charge in [-0.25, -0.2) is 0 Å². The molecular formula is C62H43N. The highest BCUT2D eigenvalue weighted by Gasteiger charge is 2.19. The molecule has 0 fully saturated rings. The van der Waals surface area contributed by atoms with Crippen LogP contribution in [0.15, 0.2) is 261 Å². The molecule has 63 heavy (non-hydrogen) atoms. The molecule has 1 nitrogen and oxygen atoms in total. The van der Waals surface area contributed by atoms with Gasteiger partial charge in [-0.1, -0.05) is 212 Å². The van der Waals surface area contributed by atoms with Crippen LogP contribution in [0, 0.1) is 0 Å². The molecule has 11 rings (SSSR count). The summed E-state index contributed by atoms with van der Waals surface area (Å²) in [5.74, 6) is 0. The van der Waals surface area contributed by atoms with Gasteiger partial charge < -0.3 is 4.90 Å². The quantitative estimate of drug-likeness (QED) is 0.131. The summed E-state index contributed by atoms with van der Waals surface area (Å²) in [6.07, 6.45) is 0. The number of nitrogens with zero attached hydrogens (tertiary/aromatic N) is 1. The van der Waals surface area contributed by atoms with Crippen LogP contribution >= 0.6 is 0 Å². The summed E-state index contributed by atoms with van der Waals surface area (Å²) >= 11 is 0. The highest BCUT2D eigenvalue weighted by molar-refractivity contribution is 6.21. The Balaban J connectivity index is 1.08. The third-order valence-corrected chi connectivity index (χ3v) is 11.9. The summed E-state index contributed by atoms with van der Waals surface area (Å²) in [6, 6.07) is 80.2. The summed E-state index contributed by atoms with van der Waals surface area (Å²) < 4.78 is 38.4. The van der Waals surface area contributed by atoms with E-state index in [9.17, 15) is 5.48 Å². The number of anilines is 3. The van der Waals surface area contributed by atoms with Gasteiger partial charge in [0, 0.05) is 17.1 Å². The predicted molar refractivity (Wildman–Crippen MR) is 269 cm³/mol. The summed E-state index contributed by atoms with van der Waals surface area (Å²) in [5.41, 5.74) is 13.2. The van der Waals surface area contributed by atoms with E-state index in [-0.39, 0.29) is 35.4 Å². The van der Waals surface area contributed by atoms with E-state index in [0.717, 1.165) is 61.0 Å². The normalized spacial score (nSPS) is 12.1. The molecule has 0 spiro atoms. The first-order valence-electron chi connectivity index (χ1n) is 23.3. The largest absolute Gasteiger partial charge is 0.311 e. The van der Waals surface area contributed by atoms with Crippen LogP contribution in [-0.2, 0) is 0 Å². The van der Waals surface area contributed by atoms with E-state index in [1.165, 1.54) is 16.2 Å². The van der Waals surface area contributed by atoms with Crippen LogP contribution in [-0.4, -0.2) is 0 Å². The lowest BCUT2D eigenvalue weighted by Gasteiger charge is -2.26. The minimum absolute atomic E-state index is 0.104. The van der Waals surface area contributed by atoms with Gasteiger partial charge in [0.2, 0.25) is 0 Å². The maximum atomic E-state index is 9.69. The van der Waals surface area contributed by atoms with Crippen LogP contribution in [0.4, 0.5) is 17.1 Å². The molecule has 11 aromatic rings. The smallest absolute Gasteiger partial charge is 0.0645 e. The van der Waals surface area contributed by atoms with Crippen molar-refractivity contribution in [1.82, 2.24) is 0 Å². The van der Waals surface area contributed by atoms with Gasteiger partial charge in [-0.3, -0.25) is 0 Å². The van der Waals surface area contributed by atoms with E-state index in [4.69, 9.17) is 0 Å². The molecular weight excluding hydrogens is 759 g/mol. The van der Waals surface area contributed by atoms with Crippen molar-refractivity contribution in [3.8, 4) is 66.8 Å². The van der Waals surface area contributed by atoms with Crippen LogP contribution < -0.4 is 4.90 Å². The molecule has 0 saturated heterocycles. The van der Waals surface area contributed by atoms with Gasteiger partial charge in [0.15, 0.2) is 0 Å². The van der Waals surface area contributed by atoms with Gasteiger partial charge in [0.25, 0.3) is 0 Å². The molecule has 0 aliphatic heterocycles. The number of benzene rings is 11. The molecule has 0 aromatic heterocycles. The highest BCUT2D eigenvalue weighted by Crippen LogP contribution is 2.46. The standard InChI is InChI=1S/C62H43N/c1-4-16-44(17-5-1)50-22-14-24-52(42-50)46-30-36-54(37-31-46)63(55-38-32-47(33-39-55)53-25-15-23-51(43-53)45-18-6-2-7-19-45)56-40-34-49(35-41-56)62-60-29-13-11-27-58(60)57-26-10-12-28-59(57)61(62)48-20-8-3-9-21-48/h1-43H/i30D,31D,36D,37D. The fourth-order valence-corrected chi connectivity index (χ4v) is 8.89. The molecule has 0 aliphatic carbocycles. The number of hydrogen-bond donors (Lipinski definition) is 0. The molecule has 0 heterocycles. The Hall–Kier alpha value is -8.26. The second kappa shape index (κ2) is 16.7. The van der Waals surface area contributed by atoms with E-state index in [1.807, 2.05) is 108 Å². The van der Waals surface area contributed by atoms with Crippen LogP contribution in [0.1, 0.15) is 5.48 Å². The Kier molecular flexibility index (Phi) is 8.84. The van der Waals surface area contributed by atoms with Gasteiger partial charge in [0.05, 0.1) is 5.48 Å². The summed E-state index contributed by atoms with van der Waals surface area (Å²) in [4.78, 5) is 1.87. The van der Waals surface area contributed by atoms with Crippen molar-refractivity contribution >= 4 is 38.6 Å². The highest BCUT2D eigenvalue weighted by atomic mass is 15.1. The van der Waals surface area contributed by atoms with E-state index >= 15 is 0 Å². The van der Waals surface area contributed by atoms with Crippen LogP contribution in [0.3, 0.4) is 0 Å². The van der Waals surface area contributed by atoms with Gasteiger partial charge in [-0.2, -0.15) is 0 Å². The minimum atomic E-state index is -0.128. The van der Waals surface area contributed by atoms with Crippen molar-refractivity contribution in [1.29, 1.82) is 0 Å². The van der Waals surface area contributed by atoms with E-state index in [0.29, 0.717) is 16.9 Å². The maximum Gasteiger partial charge on any atom is 0.0645 e. The molecule has 0 amide bonds. The fraction of sp³-hybridized carbons (Fsp3) is 0. The van der Waals surface area contributed by atoms with Crippen molar-refractivity contribution < 1.29 is 5.48 Å². The Morgan fingerprint density at radius 3 is 0.984 bits per heavy atom. The summed E-state index contributed by atoms with van der Waals surface area (Å²) in [7, 11) is 0. The first-order chi connectivity index (χ1) is 32.9. The zero-order chi connectivity index (χ0) is 45.4. The van der Waals surface area contributed by atoms with Crippen molar-refractivity contribution in [2.45, 2.75) is 0 Å². The maximum absolute atomic E-state index is 9.69. The van der Waals surface area contributed by atoms with Gasteiger partial charge in [0.1, 0.15) is 0 Å². The zero-order valence-electron chi connectivity index (χ0n) is 38.5.